The molecular weight excluding hydrogens is 232 g/mol. The number of aliphatic imine (C=N–C) groups is 1. The van der Waals surface area contributed by atoms with Crippen LogP contribution >= 0.6 is 11.8 Å². The number of ether oxygens (including phenoxy) is 1. The van der Waals surface area contributed by atoms with Gasteiger partial charge in [-0.25, -0.2) is 0 Å². The van der Waals surface area contributed by atoms with E-state index in [4.69, 9.17) is 9.73 Å². The molecule has 2 aliphatic heterocycles. The molecule has 0 radical (unpaired) electrons. The zero-order valence-electron chi connectivity index (χ0n) is 10.4. The minimum absolute atomic E-state index is 0.397. The fourth-order valence-corrected chi connectivity index (χ4v) is 4.26. The second kappa shape index (κ2) is 5.19. The van der Waals surface area contributed by atoms with Crippen LogP contribution in [0.4, 0.5) is 0 Å². The zero-order valence-corrected chi connectivity index (χ0v) is 11.2. The number of amidine groups is 1. The molecule has 0 aromatic rings. The normalized spacial score (nSPS) is 34.4. The maximum absolute atomic E-state index is 5.39. The van der Waals surface area contributed by atoms with Gasteiger partial charge in [0.05, 0.1) is 6.61 Å². The van der Waals surface area contributed by atoms with E-state index in [0.717, 1.165) is 19.8 Å². The van der Waals surface area contributed by atoms with Gasteiger partial charge in [-0.1, -0.05) is 31.0 Å². The highest BCUT2D eigenvalue weighted by atomic mass is 32.2. The molecule has 96 valence electrons. The Morgan fingerprint density at radius 3 is 3.00 bits per heavy atom. The number of hydrogen-bond donors (Lipinski definition) is 1. The molecule has 1 unspecified atom stereocenters. The van der Waals surface area contributed by atoms with Crippen molar-refractivity contribution in [2.45, 2.75) is 44.1 Å². The first kappa shape index (κ1) is 11.8. The van der Waals surface area contributed by atoms with Crippen LogP contribution in [0.1, 0.15) is 38.5 Å². The van der Waals surface area contributed by atoms with Crippen LogP contribution in [0.3, 0.4) is 0 Å². The number of rotatable bonds is 2. The van der Waals surface area contributed by atoms with Gasteiger partial charge in [0.15, 0.2) is 5.17 Å². The van der Waals surface area contributed by atoms with E-state index < -0.39 is 0 Å². The fourth-order valence-electron chi connectivity index (χ4n) is 3.03. The lowest BCUT2D eigenvalue weighted by Gasteiger charge is -2.32. The van der Waals surface area contributed by atoms with Crippen molar-refractivity contribution in [3.8, 4) is 0 Å². The lowest BCUT2D eigenvalue weighted by atomic mass is 9.83. The Balaban J connectivity index is 1.53. The molecule has 0 aromatic heterocycles. The SMILES string of the molecule is C1CCC2(CC1)CSC(=NCC1CCOC1)N2. The highest BCUT2D eigenvalue weighted by Crippen LogP contribution is 2.36. The standard InChI is InChI=1S/C13H22N2OS/c1-2-5-13(6-3-1)10-17-12(15-13)14-8-11-4-7-16-9-11/h11H,1-10H2,(H,14,15). The summed E-state index contributed by atoms with van der Waals surface area (Å²) in [5, 5.41) is 4.90. The zero-order chi connectivity index (χ0) is 11.6. The van der Waals surface area contributed by atoms with E-state index in [-0.39, 0.29) is 0 Å². The predicted octanol–water partition coefficient (Wildman–Crippen LogP) is 2.42. The maximum Gasteiger partial charge on any atom is 0.157 e. The van der Waals surface area contributed by atoms with E-state index in [2.05, 4.69) is 5.32 Å². The van der Waals surface area contributed by atoms with E-state index in [9.17, 15) is 0 Å². The summed E-state index contributed by atoms with van der Waals surface area (Å²) in [5.41, 5.74) is 0.397. The summed E-state index contributed by atoms with van der Waals surface area (Å²) in [6.45, 7) is 2.79. The second-order valence-corrected chi connectivity index (χ2v) is 6.59. The van der Waals surface area contributed by atoms with Crippen molar-refractivity contribution in [2.75, 3.05) is 25.5 Å². The van der Waals surface area contributed by atoms with Crippen LogP contribution < -0.4 is 5.32 Å². The topological polar surface area (TPSA) is 33.6 Å². The van der Waals surface area contributed by atoms with Crippen molar-refractivity contribution in [1.29, 1.82) is 0 Å². The van der Waals surface area contributed by atoms with Gasteiger partial charge in [0.2, 0.25) is 0 Å². The molecule has 3 fully saturated rings. The Morgan fingerprint density at radius 2 is 2.24 bits per heavy atom. The molecule has 2 saturated heterocycles. The lowest BCUT2D eigenvalue weighted by molar-refractivity contribution is 0.187. The average molecular weight is 254 g/mol. The van der Waals surface area contributed by atoms with Gasteiger partial charge in [-0.05, 0) is 19.3 Å². The Kier molecular flexibility index (Phi) is 3.61. The molecule has 2 heterocycles. The highest BCUT2D eigenvalue weighted by Gasteiger charge is 2.38. The van der Waals surface area contributed by atoms with Gasteiger partial charge in [0.1, 0.15) is 0 Å². The molecule has 1 atom stereocenters. The smallest absolute Gasteiger partial charge is 0.157 e. The van der Waals surface area contributed by atoms with E-state index in [0.29, 0.717) is 11.5 Å². The molecule has 1 saturated carbocycles. The number of thioether (sulfide) groups is 1. The second-order valence-electron chi connectivity index (χ2n) is 5.63. The first-order valence-corrected chi connectivity index (χ1v) is 7.88. The monoisotopic (exact) mass is 254 g/mol. The van der Waals surface area contributed by atoms with Crippen molar-refractivity contribution < 1.29 is 4.74 Å². The van der Waals surface area contributed by atoms with Gasteiger partial charge >= 0.3 is 0 Å². The van der Waals surface area contributed by atoms with Crippen LogP contribution in [0.25, 0.3) is 0 Å². The molecule has 1 aliphatic carbocycles. The maximum atomic E-state index is 5.39. The average Bonchev–Trinajstić information content (AvgIpc) is 2.98. The minimum atomic E-state index is 0.397. The van der Waals surface area contributed by atoms with Crippen LogP contribution in [0.15, 0.2) is 4.99 Å². The van der Waals surface area contributed by atoms with Crippen molar-refractivity contribution in [2.24, 2.45) is 10.9 Å². The Labute approximate surface area is 108 Å². The first-order valence-electron chi connectivity index (χ1n) is 6.90. The molecule has 1 N–H and O–H groups in total. The highest BCUT2D eigenvalue weighted by molar-refractivity contribution is 8.14. The summed E-state index contributed by atoms with van der Waals surface area (Å²) in [7, 11) is 0. The van der Waals surface area contributed by atoms with Crippen LogP contribution in [0.5, 0.6) is 0 Å². The number of hydrogen-bond acceptors (Lipinski definition) is 3. The van der Waals surface area contributed by atoms with Crippen molar-refractivity contribution >= 4 is 16.9 Å². The molecule has 0 aromatic carbocycles. The number of nitrogens with zero attached hydrogens (tertiary/aromatic N) is 1. The summed E-state index contributed by atoms with van der Waals surface area (Å²) < 4.78 is 5.39. The molecule has 4 heteroatoms. The Bertz CT molecular complexity index is 294. The predicted molar refractivity (Wildman–Crippen MR) is 72.6 cm³/mol. The molecule has 3 rings (SSSR count). The van der Waals surface area contributed by atoms with E-state index in [1.54, 1.807) is 0 Å². The summed E-state index contributed by atoms with van der Waals surface area (Å²) in [5.74, 6) is 1.89. The van der Waals surface area contributed by atoms with E-state index in [1.807, 2.05) is 11.8 Å². The molecule has 3 aliphatic rings. The van der Waals surface area contributed by atoms with Crippen molar-refractivity contribution in [3.63, 3.8) is 0 Å². The van der Waals surface area contributed by atoms with Gasteiger partial charge in [-0.15, -0.1) is 0 Å². The summed E-state index contributed by atoms with van der Waals surface area (Å²) in [6, 6.07) is 0. The molecule has 0 bridgehead atoms. The van der Waals surface area contributed by atoms with E-state index in [1.165, 1.54) is 49.4 Å². The molecule has 0 amide bonds. The Morgan fingerprint density at radius 1 is 1.35 bits per heavy atom. The molecule has 17 heavy (non-hydrogen) atoms. The van der Waals surface area contributed by atoms with Gasteiger partial charge < -0.3 is 10.1 Å². The van der Waals surface area contributed by atoms with Gasteiger partial charge in [-0.3, -0.25) is 4.99 Å². The van der Waals surface area contributed by atoms with Gasteiger partial charge in [0.25, 0.3) is 0 Å². The lowest BCUT2D eigenvalue weighted by Crippen LogP contribution is -2.45. The van der Waals surface area contributed by atoms with Crippen molar-refractivity contribution in [1.82, 2.24) is 5.32 Å². The van der Waals surface area contributed by atoms with Gasteiger partial charge in [-0.2, -0.15) is 0 Å². The summed E-state index contributed by atoms with van der Waals surface area (Å²) in [6.07, 6.45) is 8.05. The van der Waals surface area contributed by atoms with Gasteiger partial charge in [0, 0.05) is 30.4 Å². The largest absolute Gasteiger partial charge is 0.381 e. The van der Waals surface area contributed by atoms with Crippen LogP contribution in [0.2, 0.25) is 0 Å². The first-order chi connectivity index (χ1) is 8.36. The molecule has 3 nitrogen and oxygen atoms in total. The summed E-state index contributed by atoms with van der Waals surface area (Å²) >= 11 is 1.93. The molecular formula is C13H22N2OS. The minimum Gasteiger partial charge on any atom is -0.381 e. The van der Waals surface area contributed by atoms with Crippen LogP contribution in [-0.2, 0) is 4.74 Å². The third-order valence-electron chi connectivity index (χ3n) is 4.19. The fraction of sp³-hybridized carbons (Fsp3) is 0.923. The number of nitrogens with one attached hydrogen (secondary N) is 1. The quantitative estimate of drug-likeness (QED) is 0.821. The van der Waals surface area contributed by atoms with Crippen LogP contribution in [-0.4, -0.2) is 36.2 Å². The summed E-state index contributed by atoms with van der Waals surface area (Å²) in [4.78, 5) is 4.74. The third kappa shape index (κ3) is 2.79. The van der Waals surface area contributed by atoms with Crippen molar-refractivity contribution in [3.05, 3.63) is 0 Å². The van der Waals surface area contributed by atoms with E-state index >= 15 is 0 Å². The Hall–Kier alpha value is -0.220. The van der Waals surface area contributed by atoms with Crippen LogP contribution in [0, 0.1) is 5.92 Å². The third-order valence-corrected chi connectivity index (χ3v) is 5.39. The molecule has 1 spiro atoms.